The summed E-state index contributed by atoms with van der Waals surface area (Å²) in [5.74, 6) is 1.37. The Morgan fingerprint density at radius 1 is 0.930 bits per heavy atom. The molecular formula is C46H46ClN3O7. The van der Waals surface area contributed by atoms with Crippen molar-refractivity contribution in [3.8, 4) is 45.6 Å². The first-order chi connectivity index (χ1) is 27.2. The van der Waals surface area contributed by atoms with E-state index in [9.17, 15) is 14.9 Å². The Hall–Kier alpha value is -5.89. The number of hydrogen-bond donors (Lipinski definition) is 0. The summed E-state index contributed by atoms with van der Waals surface area (Å²) in [6, 6.07) is 26.9. The molecule has 0 unspecified atom stereocenters. The first kappa shape index (κ1) is 40.8. The van der Waals surface area contributed by atoms with Crippen LogP contribution in [0.2, 0.25) is 5.02 Å². The number of hydrogen-bond acceptors (Lipinski definition) is 9. The van der Waals surface area contributed by atoms with E-state index in [4.69, 9.17) is 35.3 Å². The predicted molar refractivity (Wildman–Crippen MR) is 219 cm³/mol. The number of aromatic nitrogens is 1. The quantitative estimate of drug-likeness (QED) is 0.114. The number of carbonyl (C=O) groups excluding carboxylic acids is 2. The molecule has 0 aliphatic carbocycles. The molecule has 1 amide bonds. The molecule has 1 fully saturated rings. The maximum absolute atomic E-state index is 13.0. The summed E-state index contributed by atoms with van der Waals surface area (Å²) in [4.78, 5) is 30.6. The molecule has 10 nitrogen and oxygen atoms in total. The zero-order valence-electron chi connectivity index (χ0n) is 33.2. The lowest BCUT2D eigenvalue weighted by molar-refractivity contribution is -0.0637. The average Bonchev–Trinajstić information content (AvgIpc) is 3.49. The molecular weight excluding hydrogens is 742 g/mol. The van der Waals surface area contributed by atoms with E-state index >= 15 is 0 Å². The van der Waals surface area contributed by atoms with Crippen molar-refractivity contribution in [3.05, 3.63) is 130 Å². The fourth-order valence-corrected chi connectivity index (χ4v) is 7.03. The van der Waals surface area contributed by atoms with Crippen molar-refractivity contribution in [2.24, 2.45) is 0 Å². The van der Waals surface area contributed by atoms with Crippen LogP contribution in [0.1, 0.15) is 72.8 Å². The summed E-state index contributed by atoms with van der Waals surface area (Å²) in [6.07, 6.45) is 3.32. The SMILES string of the molecule is Cc1c(COc2cc(OCc3cncc(C#N)c3)c(C=O)cc2Cl)cccc1-c1cccc(-c2ccc(OC[C@@H]3COC(C)(C)N3C(=O)OC(C)(C)C)cc2)c1C. The van der Waals surface area contributed by atoms with Crippen molar-refractivity contribution < 1.29 is 33.3 Å². The third-order valence-corrected chi connectivity index (χ3v) is 10.0. The molecule has 11 heteroatoms. The Morgan fingerprint density at radius 3 is 2.32 bits per heavy atom. The van der Waals surface area contributed by atoms with Crippen LogP contribution in [0.3, 0.4) is 0 Å². The molecule has 0 N–H and O–H groups in total. The van der Waals surface area contributed by atoms with E-state index in [-0.39, 0.29) is 36.4 Å². The minimum atomic E-state index is -0.807. The predicted octanol–water partition coefficient (Wildman–Crippen LogP) is 10.3. The number of amides is 1. The Balaban J connectivity index is 1.14. The lowest BCUT2D eigenvalue weighted by atomic mass is 9.89. The highest BCUT2D eigenvalue weighted by Gasteiger charge is 2.46. The highest BCUT2D eigenvalue weighted by atomic mass is 35.5. The van der Waals surface area contributed by atoms with Gasteiger partial charge in [0.05, 0.1) is 28.8 Å². The molecule has 0 spiro atoms. The van der Waals surface area contributed by atoms with Crippen molar-refractivity contribution in [2.75, 3.05) is 13.2 Å². The van der Waals surface area contributed by atoms with E-state index in [0.717, 1.165) is 38.9 Å². The smallest absolute Gasteiger partial charge is 0.413 e. The first-order valence-corrected chi connectivity index (χ1v) is 19.0. The van der Waals surface area contributed by atoms with Crippen LogP contribution in [0.15, 0.2) is 91.3 Å². The number of ether oxygens (including phenoxy) is 5. The van der Waals surface area contributed by atoms with Gasteiger partial charge in [-0.15, -0.1) is 0 Å². The van der Waals surface area contributed by atoms with Gasteiger partial charge in [0, 0.05) is 24.0 Å². The third kappa shape index (κ3) is 9.57. The summed E-state index contributed by atoms with van der Waals surface area (Å²) >= 11 is 6.55. The van der Waals surface area contributed by atoms with Crippen LogP contribution in [-0.2, 0) is 22.7 Å². The van der Waals surface area contributed by atoms with Gasteiger partial charge in [0.15, 0.2) is 6.29 Å². The van der Waals surface area contributed by atoms with Crippen molar-refractivity contribution >= 4 is 24.0 Å². The van der Waals surface area contributed by atoms with Gasteiger partial charge in [-0.05, 0) is 112 Å². The van der Waals surface area contributed by atoms with Gasteiger partial charge in [0.1, 0.15) is 54.5 Å². The number of nitrogens with zero attached hydrogens (tertiary/aromatic N) is 3. The van der Waals surface area contributed by atoms with E-state index in [0.29, 0.717) is 41.3 Å². The molecule has 1 aliphatic rings. The van der Waals surface area contributed by atoms with Crippen molar-refractivity contribution in [1.82, 2.24) is 9.88 Å². The average molecular weight is 788 g/mol. The minimum Gasteiger partial charge on any atom is -0.491 e. The van der Waals surface area contributed by atoms with Gasteiger partial charge in [0.2, 0.25) is 0 Å². The fraction of sp³-hybridized carbons (Fsp3) is 0.304. The Bertz CT molecular complexity index is 2310. The molecule has 0 radical (unpaired) electrons. The van der Waals surface area contributed by atoms with Crippen molar-refractivity contribution in [1.29, 1.82) is 5.26 Å². The van der Waals surface area contributed by atoms with Gasteiger partial charge in [-0.2, -0.15) is 5.26 Å². The van der Waals surface area contributed by atoms with Gasteiger partial charge in [-0.3, -0.25) is 14.7 Å². The van der Waals surface area contributed by atoms with Crippen LogP contribution in [0, 0.1) is 25.2 Å². The first-order valence-electron chi connectivity index (χ1n) is 18.6. The lowest BCUT2D eigenvalue weighted by Crippen LogP contribution is -2.51. The maximum Gasteiger partial charge on any atom is 0.413 e. The molecule has 0 bridgehead atoms. The molecule has 4 aromatic carbocycles. The molecule has 1 aliphatic heterocycles. The second-order valence-electron chi connectivity index (χ2n) is 15.4. The summed E-state index contributed by atoms with van der Waals surface area (Å²) in [5, 5.41) is 9.48. The van der Waals surface area contributed by atoms with E-state index in [1.807, 2.05) is 71.0 Å². The van der Waals surface area contributed by atoms with Crippen LogP contribution < -0.4 is 14.2 Å². The summed E-state index contributed by atoms with van der Waals surface area (Å²) in [7, 11) is 0. The highest BCUT2D eigenvalue weighted by molar-refractivity contribution is 6.32. The molecule has 1 atom stereocenters. The second-order valence-corrected chi connectivity index (χ2v) is 15.8. The molecule has 2 heterocycles. The second kappa shape index (κ2) is 17.1. The topological polar surface area (TPSA) is 120 Å². The fourth-order valence-electron chi connectivity index (χ4n) is 6.80. The Morgan fingerprint density at radius 2 is 1.61 bits per heavy atom. The normalized spacial score (nSPS) is 14.8. The third-order valence-electron chi connectivity index (χ3n) is 9.73. The summed E-state index contributed by atoms with van der Waals surface area (Å²) in [6.45, 7) is 14.4. The Kier molecular flexibility index (Phi) is 12.2. The molecule has 6 rings (SSSR count). The minimum absolute atomic E-state index is 0.104. The molecule has 5 aromatic rings. The molecule has 294 valence electrons. The lowest BCUT2D eigenvalue weighted by Gasteiger charge is -2.35. The molecule has 57 heavy (non-hydrogen) atoms. The molecule has 1 saturated heterocycles. The van der Waals surface area contributed by atoms with Gasteiger partial charge in [-0.1, -0.05) is 60.1 Å². The molecule has 1 aromatic heterocycles. The van der Waals surface area contributed by atoms with E-state index < -0.39 is 17.4 Å². The largest absolute Gasteiger partial charge is 0.491 e. The zero-order chi connectivity index (χ0) is 40.9. The number of pyridine rings is 1. The maximum atomic E-state index is 13.0. The van der Waals surface area contributed by atoms with Crippen LogP contribution in [0.5, 0.6) is 17.2 Å². The van der Waals surface area contributed by atoms with E-state index in [1.165, 1.54) is 12.3 Å². The van der Waals surface area contributed by atoms with Crippen LogP contribution in [0.25, 0.3) is 22.3 Å². The van der Waals surface area contributed by atoms with Gasteiger partial charge < -0.3 is 23.7 Å². The summed E-state index contributed by atoms with van der Waals surface area (Å²) in [5.41, 5.74) is 7.40. The van der Waals surface area contributed by atoms with E-state index in [2.05, 4.69) is 49.2 Å². The number of carbonyl (C=O) groups is 2. The number of aldehydes is 1. The van der Waals surface area contributed by atoms with Gasteiger partial charge in [0.25, 0.3) is 0 Å². The monoisotopic (exact) mass is 787 g/mol. The van der Waals surface area contributed by atoms with Crippen LogP contribution in [-0.4, -0.2) is 52.8 Å². The van der Waals surface area contributed by atoms with Crippen LogP contribution >= 0.6 is 11.6 Å². The highest BCUT2D eigenvalue weighted by Crippen LogP contribution is 2.37. The van der Waals surface area contributed by atoms with Crippen LogP contribution in [0.4, 0.5) is 4.79 Å². The van der Waals surface area contributed by atoms with Crippen molar-refractivity contribution in [3.63, 3.8) is 0 Å². The molecule has 0 saturated carbocycles. The number of rotatable bonds is 12. The van der Waals surface area contributed by atoms with Crippen molar-refractivity contribution in [2.45, 2.75) is 79.0 Å². The number of nitriles is 1. The number of benzene rings is 4. The van der Waals surface area contributed by atoms with Gasteiger partial charge in [-0.25, -0.2) is 4.79 Å². The standard InChI is InChI=1S/C46H46ClN3O7/c1-29-34(26-55-43-20-42(35(24-51)19-41(43)47)54-25-32-18-31(21-48)22-49-23-32)10-8-12-39(29)40-13-9-11-38(30(40)2)33-14-16-37(17-15-33)53-27-36-28-56-46(6,7)50(36)44(52)57-45(3,4)5/h8-20,22-24,36H,25-28H2,1-7H3/t36-/m1/s1. The van der Waals surface area contributed by atoms with E-state index in [1.54, 1.807) is 23.2 Å². The zero-order valence-corrected chi connectivity index (χ0v) is 34.0. The number of halogens is 1. The van der Waals surface area contributed by atoms with Gasteiger partial charge >= 0.3 is 6.09 Å². The summed E-state index contributed by atoms with van der Waals surface area (Å²) < 4.78 is 29.9. The Labute approximate surface area is 338 Å².